The number of carbonyl (C=O) groups excluding carboxylic acids is 7. The number of rotatable bonds is 22. The fraction of sp³-hybridized carbons (Fsp3) is 0.618. The number of aliphatic hydroxyl groups is 1. The first kappa shape index (κ1) is 47.0. The summed E-state index contributed by atoms with van der Waals surface area (Å²) in [5.74, 6) is -5.77. The summed E-state index contributed by atoms with van der Waals surface area (Å²) in [4.78, 5) is 90.7. The molecule has 0 aliphatic carbocycles. The Bertz CT molecular complexity index is 1410. The monoisotopic (exact) mass is 784 g/mol. The van der Waals surface area contributed by atoms with Crippen molar-refractivity contribution < 1.29 is 43.8 Å². The van der Waals surface area contributed by atoms with Crippen molar-refractivity contribution in [2.24, 2.45) is 23.3 Å². The number of phenolic OH excluding ortho intramolecular Hbond substituents is 1. The molecule has 12 N–H and O–H groups in total. The van der Waals surface area contributed by atoms with Gasteiger partial charge in [-0.05, 0) is 68.2 Å². The van der Waals surface area contributed by atoms with Crippen LogP contribution in [0.2, 0.25) is 0 Å². The number of phenols is 1. The van der Waals surface area contributed by atoms with Crippen LogP contribution in [0.15, 0.2) is 24.3 Å². The SMILES string of the molecule is CSCC[C@H](NC(=O)[C@@H](N)Cc1ccc(O)cc1)C(=O)N[C@H](C(=O)N[C@H](C(=O)N[C@H](C(=O)N[C@@H](C)C(=O)N[C@@H](CS)C(N)=O)C(C)C)C(C)C)[C@@H](C)O. The number of carbonyl (C=O) groups is 7. The summed E-state index contributed by atoms with van der Waals surface area (Å²) < 4.78 is 0. The Labute approximate surface area is 320 Å². The van der Waals surface area contributed by atoms with Gasteiger partial charge in [-0.3, -0.25) is 33.6 Å². The van der Waals surface area contributed by atoms with Gasteiger partial charge in [0.05, 0.1) is 12.1 Å². The Morgan fingerprint density at radius 2 is 1.17 bits per heavy atom. The van der Waals surface area contributed by atoms with Crippen molar-refractivity contribution in [3.8, 4) is 5.75 Å². The van der Waals surface area contributed by atoms with E-state index in [1.165, 1.54) is 37.7 Å². The van der Waals surface area contributed by atoms with Crippen molar-refractivity contribution in [1.82, 2.24) is 31.9 Å². The number of aliphatic hydroxyl groups excluding tert-OH is 1. The van der Waals surface area contributed by atoms with Gasteiger partial charge >= 0.3 is 0 Å². The van der Waals surface area contributed by atoms with Crippen LogP contribution in [0.5, 0.6) is 5.75 Å². The third-order valence-corrected chi connectivity index (χ3v) is 9.13. The minimum Gasteiger partial charge on any atom is -0.508 e. The smallest absolute Gasteiger partial charge is 0.245 e. The quantitative estimate of drug-likeness (QED) is 0.0575. The number of thioether (sulfide) groups is 1. The van der Waals surface area contributed by atoms with E-state index in [-0.39, 0.29) is 24.3 Å². The molecule has 298 valence electrons. The lowest BCUT2D eigenvalue weighted by Crippen LogP contribution is -2.62. The molecule has 0 fully saturated rings. The number of benzene rings is 1. The molecule has 0 saturated heterocycles. The first-order chi connectivity index (χ1) is 24.7. The van der Waals surface area contributed by atoms with E-state index in [1.807, 2.05) is 6.26 Å². The normalized spacial score (nSPS) is 15.8. The Kier molecular flexibility index (Phi) is 20.3. The van der Waals surface area contributed by atoms with E-state index in [0.29, 0.717) is 11.3 Å². The van der Waals surface area contributed by atoms with Gasteiger partial charge in [-0.25, -0.2) is 0 Å². The molecule has 1 rings (SSSR count). The highest BCUT2D eigenvalue weighted by atomic mass is 32.2. The number of nitrogens with one attached hydrogen (secondary N) is 6. The van der Waals surface area contributed by atoms with Crippen molar-refractivity contribution in [3.63, 3.8) is 0 Å². The molecular weight excluding hydrogens is 729 g/mol. The number of thiol groups is 1. The second-order valence-corrected chi connectivity index (χ2v) is 14.7. The Morgan fingerprint density at radius 1 is 0.698 bits per heavy atom. The van der Waals surface area contributed by atoms with E-state index in [1.54, 1.807) is 39.8 Å². The van der Waals surface area contributed by atoms with Crippen LogP contribution in [0.3, 0.4) is 0 Å². The Hall–Kier alpha value is -4.07. The molecule has 53 heavy (non-hydrogen) atoms. The van der Waals surface area contributed by atoms with Gasteiger partial charge < -0.3 is 53.6 Å². The summed E-state index contributed by atoms with van der Waals surface area (Å²) in [7, 11) is 0. The van der Waals surface area contributed by atoms with E-state index >= 15 is 0 Å². The molecule has 0 radical (unpaired) electrons. The van der Waals surface area contributed by atoms with Gasteiger partial charge in [0.25, 0.3) is 0 Å². The van der Waals surface area contributed by atoms with Crippen LogP contribution in [0, 0.1) is 11.8 Å². The van der Waals surface area contributed by atoms with Crippen LogP contribution < -0.4 is 43.4 Å². The molecule has 0 heterocycles. The predicted octanol–water partition coefficient (Wildman–Crippen LogP) is -1.95. The molecule has 7 amide bonds. The van der Waals surface area contributed by atoms with E-state index in [4.69, 9.17) is 11.5 Å². The lowest BCUT2D eigenvalue weighted by Gasteiger charge is -2.30. The maximum absolute atomic E-state index is 13.5. The number of nitrogens with two attached hydrogens (primary N) is 2. The van der Waals surface area contributed by atoms with E-state index < -0.39 is 102 Å². The van der Waals surface area contributed by atoms with Crippen LogP contribution in [-0.2, 0) is 40.0 Å². The highest BCUT2D eigenvalue weighted by Crippen LogP contribution is 2.12. The van der Waals surface area contributed by atoms with Gasteiger partial charge in [0.1, 0.15) is 42.0 Å². The zero-order valence-corrected chi connectivity index (χ0v) is 32.9. The molecule has 1 aromatic carbocycles. The molecule has 0 saturated carbocycles. The average molecular weight is 785 g/mol. The van der Waals surface area contributed by atoms with E-state index in [9.17, 15) is 43.8 Å². The number of primary amides is 1. The first-order valence-electron chi connectivity index (χ1n) is 17.2. The minimum atomic E-state index is -1.54. The number of aromatic hydroxyl groups is 1. The summed E-state index contributed by atoms with van der Waals surface area (Å²) in [6, 6.07) is -2.09. The topological polar surface area (TPSA) is 284 Å². The minimum absolute atomic E-state index is 0.0544. The Morgan fingerprint density at radius 3 is 1.62 bits per heavy atom. The first-order valence-corrected chi connectivity index (χ1v) is 19.2. The maximum Gasteiger partial charge on any atom is 0.245 e. The summed E-state index contributed by atoms with van der Waals surface area (Å²) in [6.45, 7) is 9.26. The summed E-state index contributed by atoms with van der Waals surface area (Å²) >= 11 is 5.40. The second-order valence-electron chi connectivity index (χ2n) is 13.4. The second kappa shape index (κ2) is 22.9. The number of amides is 7. The Balaban J connectivity index is 3.06. The highest BCUT2D eigenvalue weighted by molar-refractivity contribution is 7.98. The van der Waals surface area contributed by atoms with Gasteiger partial charge in [-0.1, -0.05) is 39.8 Å². The van der Waals surface area contributed by atoms with Crippen LogP contribution >= 0.6 is 24.4 Å². The third-order valence-electron chi connectivity index (χ3n) is 8.12. The number of hydrogen-bond acceptors (Lipinski definition) is 12. The summed E-state index contributed by atoms with van der Waals surface area (Å²) in [5.41, 5.74) is 12.0. The molecule has 0 spiro atoms. The zero-order chi connectivity index (χ0) is 40.6. The standard InChI is InChI=1S/C34H56N8O9S2/c1-16(2)25(32(49)37-18(5)29(46)39-24(15-52)28(36)45)40-33(50)26(17(3)4)41-34(51)27(19(6)43)42-31(48)23(12-13-53-7)38-30(47)22(35)14-20-8-10-21(44)11-9-20/h8-11,16-19,22-27,43-44,52H,12-15,35H2,1-7H3,(H2,36,45)(H,37,49)(H,38,47)(H,39,46)(H,40,50)(H,41,51)(H,42,48)/t18-,19+,22-,23-,24-,25-,26-,27-/m0/s1. The van der Waals surface area contributed by atoms with Crippen molar-refractivity contribution in [2.45, 2.75) is 103 Å². The van der Waals surface area contributed by atoms with Gasteiger partial charge in [0.15, 0.2) is 0 Å². The molecule has 1 aromatic rings. The molecular formula is C34H56N8O9S2. The molecule has 19 heteroatoms. The molecule has 17 nitrogen and oxygen atoms in total. The maximum atomic E-state index is 13.5. The van der Waals surface area contributed by atoms with Crippen molar-refractivity contribution in [2.75, 3.05) is 17.8 Å². The molecule has 0 unspecified atom stereocenters. The van der Waals surface area contributed by atoms with Crippen molar-refractivity contribution in [3.05, 3.63) is 29.8 Å². The number of hydrogen-bond donors (Lipinski definition) is 11. The van der Waals surface area contributed by atoms with Crippen molar-refractivity contribution >= 4 is 65.7 Å². The summed E-state index contributed by atoms with van der Waals surface area (Å²) in [6.07, 6.45) is 0.687. The zero-order valence-electron chi connectivity index (χ0n) is 31.2. The lowest BCUT2D eigenvalue weighted by atomic mass is 9.98. The van der Waals surface area contributed by atoms with Gasteiger partial charge in [0.2, 0.25) is 41.4 Å². The molecule has 8 atom stereocenters. The average Bonchev–Trinajstić information content (AvgIpc) is 3.08. The largest absolute Gasteiger partial charge is 0.508 e. The highest BCUT2D eigenvalue weighted by Gasteiger charge is 2.36. The van der Waals surface area contributed by atoms with Crippen LogP contribution in [0.4, 0.5) is 0 Å². The molecule has 0 aliphatic heterocycles. The molecule has 0 aromatic heterocycles. The fourth-order valence-corrected chi connectivity index (χ4v) is 5.59. The molecule has 0 bridgehead atoms. The summed E-state index contributed by atoms with van der Waals surface area (Å²) in [5, 5.41) is 35.2. The lowest BCUT2D eigenvalue weighted by molar-refractivity contribution is -0.137. The predicted molar refractivity (Wildman–Crippen MR) is 204 cm³/mol. The molecule has 0 aliphatic rings. The van der Waals surface area contributed by atoms with Crippen LogP contribution in [0.25, 0.3) is 0 Å². The fourth-order valence-electron chi connectivity index (χ4n) is 4.85. The van der Waals surface area contributed by atoms with Crippen molar-refractivity contribution in [1.29, 1.82) is 0 Å². The van der Waals surface area contributed by atoms with Crippen LogP contribution in [0.1, 0.15) is 53.5 Å². The van der Waals surface area contributed by atoms with E-state index in [0.717, 1.165) is 0 Å². The van der Waals surface area contributed by atoms with Gasteiger partial charge in [-0.15, -0.1) is 0 Å². The van der Waals surface area contributed by atoms with Crippen LogP contribution in [-0.4, -0.2) is 118 Å². The van der Waals surface area contributed by atoms with E-state index in [2.05, 4.69) is 44.5 Å². The van der Waals surface area contributed by atoms with Gasteiger partial charge in [0, 0.05) is 5.75 Å². The van der Waals surface area contributed by atoms with Gasteiger partial charge in [-0.2, -0.15) is 24.4 Å². The third kappa shape index (κ3) is 15.8.